The van der Waals surface area contributed by atoms with E-state index < -0.39 is 0 Å². The zero-order valence-electron chi connectivity index (χ0n) is 7.28. The predicted molar refractivity (Wildman–Crippen MR) is 48.1 cm³/mol. The molecule has 0 saturated heterocycles. The highest BCUT2D eigenvalue weighted by Gasteiger charge is 2.10. The fourth-order valence-electron chi connectivity index (χ4n) is 0.717. The van der Waals surface area contributed by atoms with Gasteiger partial charge in [0.05, 0.1) is 0 Å². The highest BCUT2D eigenvalue weighted by atomic mass is 35.5. The van der Waals surface area contributed by atoms with Crippen molar-refractivity contribution in [2.24, 2.45) is 5.84 Å². The van der Waals surface area contributed by atoms with E-state index in [0.717, 1.165) is 0 Å². The molecule has 0 aliphatic rings. The number of ether oxygens (including phenoxy) is 1. The first-order valence-electron chi connectivity index (χ1n) is 3.58. The third-order valence-electron chi connectivity index (χ3n) is 1.47. The quantitative estimate of drug-likeness (QED) is 0.550. The summed E-state index contributed by atoms with van der Waals surface area (Å²) in [5, 5.41) is 0.0850. The fourth-order valence-corrected chi connectivity index (χ4v) is 0.884. The Balaban J connectivity index is 3.01. The number of halogens is 1. The van der Waals surface area contributed by atoms with Crippen LogP contribution < -0.4 is 11.3 Å². The minimum absolute atomic E-state index is 0.0850. The summed E-state index contributed by atoms with van der Waals surface area (Å²) in [5.74, 6) is 5.79. The maximum atomic E-state index is 5.62. The van der Waals surface area contributed by atoms with Crippen LogP contribution in [0.5, 0.6) is 0 Å². The molecule has 3 N–H and O–H groups in total. The lowest BCUT2D eigenvalue weighted by molar-refractivity contribution is 0.112. The molecule has 0 amide bonds. The molecule has 13 heavy (non-hydrogen) atoms. The summed E-state index contributed by atoms with van der Waals surface area (Å²) in [7, 11) is 1.55. The lowest BCUT2D eigenvalue weighted by Crippen LogP contribution is -2.14. The van der Waals surface area contributed by atoms with Gasteiger partial charge < -0.3 is 4.74 Å². The monoisotopic (exact) mass is 203 g/mol. The van der Waals surface area contributed by atoms with Gasteiger partial charge in [0.1, 0.15) is 6.10 Å². The Morgan fingerprint density at radius 3 is 2.69 bits per heavy atom. The number of hydrogen-bond donors (Lipinski definition) is 2. The molecule has 0 aliphatic carbocycles. The number of methoxy groups -OCH3 is 1. The van der Waals surface area contributed by atoms with E-state index in [1.165, 1.54) is 0 Å². The zero-order chi connectivity index (χ0) is 9.84. The first-order valence-corrected chi connectivity index (χ1v) is 3.96. The number of anilines is 1. The van der Waals surface area contributed by atoms with Crippen molar-refractivity contribution >= 4 is 17.5 Å². The van der Waals surface area contributed by atoms with Gasteiger partial charge >= 0.3 is 0 Å². The van der Waals surface area contributed by atoms with Gasteiger partial charge in [0.25, 0.3) is 0 Å². The zero-order valence-corrected chi connectivity index (χ0v) is 8.04. The normalized spacial score (nSPS) is 12.6. The van der Waals surface area contributed by atoms with E-state index in [1.54, 1.807) is 14.0 Å². The molecule has 1 unspecified atom stereocenters. The molecule has 0 fully saturated rings. The predicted octanol–water partition coefficient (Wildman–Crippen LogP) is 0.518. The van der Waals surface area contributed by atoms with Crippen molar-refractivity contribution in [3.05, 3.63) is 11.1 Å². The molecule has 1 aromatic rings. The van der Waals surface area contributed by atoms with Crippen molar-refractivity contribution in [1.29, 1.82) is 0 Å². The van der Waals surface area contributed by atoms with Crippen LogP contribution in [0.25, 0.3) is 0 Å². The highest BCUT2D eigenvalue weighted by molar-refractivity contribution is 6.28. The van der Waals surface area contributed by atoms with Crippen LogP contribution in [0, 0.1) is 0 Å². The molecule has 0 saturated carbocycles. The molecular weight excluding hydrogens is 194 g/mol. The Morgan fingerprint density at radius 2 is 2.15 bits per heavy atom. The van der Waals surface area contributed by atoms with Gasteiger partial charge in [-0.05, 0) is 18.5 Å². The van der Waals surface area contributed by atoms with Crippen LogP contribution in [0.2, 0.25) is 5.28 Å². The molecule has 1 heterocycles. The Bertz CT molecular complexity index is 294. The topological polar surface area (TPSA) is 86.0 Å². The van der Waals surface area contributed by atoms with Gasteiger partial charge in [-0.1, -0.05) is 0 Å². The van der Waals surface area contributed by atoms with Gasteiger partial charge in [-0.25, -0.2) is 5.84 Å². The number of hydrazine groups is 1. The number of nitrogens with one attached hydrogen (secondary N) is 1. The average molecular weight is 204 g/mol. The molecular formula is C6H10ClN5O. The van der Waals surface area contributed by atoms with E-state index in [0.29, 0.717) is 5.82 Å². The van der Waals surface area contributed by atoms with Gasteiger partial charge in [0, 0.05) is 7.11 Å². The lowest BCUT2D eigenvalue weighted by Gasteiger charge is -2.08. The SMILES string of the molecule is COC(C)c1nc(Cl)nc(NN)n1. The van der Waals surface area contributed by atoms with Gasteiger partial charge in [0.15, 0.2) is 5.82 Å². The molecule has 1 atom stereocenters. The maximum Gasteiger partial charge on any atom is 0.241 e. The second-order valence-corrected chi connectivity index (χ2v) is 2.65. The smallest absolute Gasteiger partial charge is 0.241 e. The molecule has 0 aromatic carbocycles. The summed E-state index contributed by atoms with van der Waals surface area (Å²) in [5.41, 5.74) is 2.28. The number of nitrogens with zero attached hydrogens (tertiary/aromatic N) is 3. The number of hydrogen-bond acceptors (Lipinski definition) is 6. The minimum Gasteiger partial charge on any atom is -0.374 e. The van der Waals surface area contributed by atoms with Crippen molar-refractivity contribution in [1.82, 2.24) is 15.0 Å². The molecule has 1 rings (SSSR count). The van der Waals surface area contributed by atoms with Gasteiger partial charge in [0.2, 0.25) is 11.2 Å². The largest absolute Gasteiger partial charge is 0.374 e. The van der Waals surface area contributed by atoms with Crippen molar-refractivity contribution in [2.45, 2.75) is 13.0 Å². The van der Waals surface area contributed by atoms with Crippen LogP contribution in [0.3, 0.4) is 0 Å². The van der Waals surface area contributed by atoms with E-state index >= 15 is 0 Å². The molecule has 1 aromatic heterocycles. The second kappa shape index (κ2) is 4.31. The molecule has 0 radical (unpaired) electrons. The summed E-state index contributed by atoms with van der Waals surface area (Å²) in [6.07, 6.45) is -0.243. The molecule has 6 nitrogen and oxygen atoms in total. The third kappa shape index (κ3) is 2.48. The van der Waals surface area contributed by atoms with Crippen molar-refractivity contribution in [3.63, 3.8) is 0 Å². The Labute approximate surface area is 80.5 Å². The average Bonchev–Trinajstić information content (AvgIpc) is 2.15. The minimum atomic E-state index is -0.243. The summed E-state index contributed by atoms with van der Waals surface area (Å²) in [6, 6.07) is 0. The van der Waals surface area contributed by atoms with Crippen LogP contribution in [-0.2, 0) is 4.74 Å². The second-order valence-electron chi connectivity index (χ2n) is 2.31. The van der Waals surface area contributed by atoms with Gasteiger partial charge in [-0.3, -0.25) is 5.43 Å². The Hall–Kier alpha value is -0.980. The number of nitrogen functional groups attached to an aromatic ring is 1. The van der Waals surface area contributed by atoms with Crippen molar-refractivity contribution in [2.75, 3.05) is 12.5 Å². The van der Waals surface area contributed by atoms with E-state index in [-0.39, 0.29) is 17.3 Å². The van der Waals surface area contributed by atoms with Crippen LogP contribution in [0.15, 0.2) is 0 Å². The summed E-state index contributed by atoms with van der Waals surface area (Å²) in [4.78, 5) is 11.6. The lowest BCUT2D eigenvalue weighted by atomic mass is 10.4. The number of nitrogens with two attached hydrogens (primary N) is 1. The van der Waals surface area contributed by atoms with Gasteiger partial charge in [-0.15, -0.1) is 0 Å². The molecule has 0 bridgehead atoms. The Kier molecular flexibility index (Phi) is 3.35. The van der Waals surface area contributed by atoms with Crippen LogP contribution >= 0.6 is 11.6 Å². The number of aromatic nitrogens is 3. The molecule has 0 spiro atoms. The standard InChI is InChI=1S/C6H10ClN5O/c1-3(13-2)4-9-5(7)11-6(10-4)12-8/h3H,8H2,1-2H3,(H,9,10,11,12). The van der Waals surface area contributed by atoms with Crippen molar-refractivity contribution < 1.29 is 4.74 Å². The summed E-state index contributed by atoms with van der Waals surface area (Å²) in [6.45, 7) is 1.80. The highest BCUT2D eigenvalue weighted by Crippen LogP contribution is 2.13. The summed E-state index contributed by atoms with van der Waals surface area (Å²) >= 11 is 5.62. The Morgan fingerprint density at radius 1 is 1.46 bits per heavy atom. The van der Waals surface area contributed by atoms with E-state index in [2.05, 4.69) is 20.4 Å². The van der Waals surface area contributed by atoms with Crippen LogP contribution in [0.1, 0.15) is 18.9 Å². The van der Waals surface area contributed by atoms with Crippen LogP contribution in [0.4, 0.5) is 5.95 Å². The van der Waals surface area contributed by atoms with Crippen molar-refractivity contribution in [3.8, 4) is 0 Å². The van der Waals surface area contributed by atoms with Crippen LogP contribution in [-0.4, -0.2) is 22.1 Å². The maximum absolute atomic E-state index is 5.62. The number of rotatable bonds is 3. The molecule has 72 valence electrons. The van der Waals surface area contributed by atoms with E-state index in [1.807, 2.05) is 0 Å². The summed E-state index contributed by atoms with van der Waals surface area (Å²) < 4.78 is 5.01. The van der Waals surface area contributed by atoms with E-state index in [4.69, 9.17) is 22.2 Å². The fraction of sp³-hybridized carbons (Fsp3) is 0.500. The molecule has 7 heteroatoms. The van der Waals surface area contributed by atoms with E-state index in [9.17, 15) is 0 Å². The van der Waals surface area contributed by atoms with Gasteiger partial charge in [-0.2, -0.15) is 15.0 Å². The molecule has 0 aliphatic heterocycles. The third-order valence-corrected chi connectivity index (χ3v) is 1.64. The first-order chi connectivity index (χ1) is 6.17. The first kappa shape index (κ1) is 10.1.